The zero-order valence-corrected chi connectivity index (χ0v) is 20.0. The highest BCUT2D eigenvalue weighted by Gasteiger charge is 2.51. The van der Waals surface area contributed by atoms with Gasteiger partial charge in [0.2, 0.25) is 0 Å². The van der Waals surface area contributed by atoms with Crippen molar-refractivity contribution >= 4 is 35.0 Å². The maximum atomic E-state index is 13.2. The molecule has 1 heterocycles. The van der Waals surface area contributed by atoms with E-state index < -0.39 is 45.9 Å². The molecule has 13 heteroatoms. The highest BCUT2D eigenvalue weighted by Crippen LogP contribution is 2.40. The van der Waals surface area contributed by atoms with E-state index in [2.05, 4.69) is 17.0 Å². The van der Waals surface area contributed by atoms with Crippen LogP contribution in [0.3, 0.4) is 0 Å². The molecular weight excluding hydrogens is 528 g/mol. The Morgan fingerprint density at radius 2 is 1.78 bits per heavy atom. The number of ether oxygens (including phenoxy) is 1. The van der Waals surface area contributed by atoms with Crippen molar-refractivity contribution < 1.29 is 40.7 Å². The number of rotatable bonds is 6. The van der Waals surface area contributed by atoms with Crippen molar-refractivity contribution in [3.05, 3.63) is 76.8 Å². The van der Waals surface area contributed by atoms with Crippen LogP contribution in [0.25, 0.3) is 0 Å². The molecule has 2 aromatic carbocycles. The molecule has 1 aliphatic rings. The lowest BCUT2D eigenvalue weighted by atomic mass is 9.77. The van der Waals surface area contributed by atoms with Gasteiger partial charge in [0.05, 0.1) is 35.0 Å². The first-order chi connectivity index (χ1) is 17.2. The van der Waals surface area contributed by atoms with Crippen LogP contribution in [0.4, 0.5) is 36.8 Å². The van der Waals surface area contributed by atoms with Gasteiger partial charge in [0.1, 0.15) is 5.41 Å². The minimum Gasteiger partial charge on any atom is -0.465 e. The van der Waals surface area contributed by atoms with Gasteiger partial charge in [-0.3, -0.25) is 4.79 Å². The average molecular weight is 548 g/mol. The van der Waals surface area contributed by atoms with Gasteiger partial charge in [-0.25, -0.2) is 9.80 Å². The van der Waals surface area contributed by atoms with Gasteiger partial charge in [-0.05, 0) is 49.7 Å². The van der Waals surface area contributed by atoms with Crippen molar-refractivity contribution in [3.63, 3.8) is 0 Å². The number of nitrogens with zero attached hydrogens (tertiary/aromatic N) is 2. The van der Waals surface area contributed by atoms with E-state index in [1.807, 2.05) is 0 Å². The van der Waals surface area contributed by atoms with Crippen molar-refractivity contribution in [3.8, 4) is 0 Å². The number of carbonyl (C=O) groups is 2. The van der Waals surface area contributed by atoms with Crippen molar-refractivity contribution in [1.82, 2.24) is 5.01 Å². The fourth-order valence-electron chi connectivity index (χ4n) is 3.78. The Morgan fingerprint density at radius 1 is 1.14 bits per heavy atom. The quantitative estimate of drug-likeness (QED) is 0.247. The van der Waals surface area contributed by atoms with Crippen LogP contribution in [0.15, 0.2) is 60.2 Å². The Bertz CT molecular complexity index is 1230. The first-order valence-electron chi connectivity index (χ1n) is 10.7. The Morgan fingerprint density at radius 3 is 2.30 bits per heavy atom. The number of hydrogen-bond acceptors (Lipinski definition) is 4. The summed E-state index contributed by atoms with van der Waals surface area (Å²) in [4.78, 5) is 26.0. The van der Waals surface area contributed by atoms with E-state index in [0.717, 1.165) is 47.5 Å². The fourth-order valence-corrected chi connectivity index (χ4v) is 4.07. The van der Waals surface area contributed by atoms with Crippen molar-refractivity contribution in [2.45, 2.75) is 25.7 Å². The number of hydrazone groups is 1. The summed E-state index contributed by atoms with van der Waals surface area (Å²) >= 11 is 5.87. The van der Waals surface area contributed by atoms with Crippen LogP contribution < -0.4 is 5.32 Å². The molecule has 0 saturated carbocycles. The molecule has 1 atom stereocenters. The molecule has 0 bridgehead atoms. The molecule has 0 fully saturated rings. The van der Waals surface area contributed by atoms with Crippen molar-refractivity contribution in [1.29, 1.82) is 0 Å². The topological polar surface area (TPSA) is 71.0 Å². The third-order valence-corrected chi connectivity index (χ3v) is 5.81. The SMILES string of the molecule is C=CCC1(C(=O)OCC)CN(C(=O)Nc2ccc(C(F)(F)F)cc2)N=C1c1ccc(C(F)(F)F)c(Cl)c1. The van der Waals surface area contributed by atoms with Crippen LogP contribution in [0.2, 0.25) is 5.02 Å². The highest BCUT2D eigenvalue weighted by molar-refractivity contribution is 6.32. The number of hydrogen-bond donors (Lipinski definition) is 1. The summed E-state index contributed by atoms with van der Waals surface area (Å²) in [5.74, 6) is -0.797. The fraction of sp³-hybridized carbons (Fsp3) is 0.292. The zero-order valence-electron chi connectivity index (χ0n) is 19.2. The molecule has 0 spiro atoms. The van der Waals surface area contributed by atoms with Crippen LogP contribution in [-0.2, 0) is 21.9 Å². The smallest absolute Gasteiger partial charge is 0.417 e. The van der Waals surface area contributed by atoms with E-state index in [1.165, 1.54) is 6.08 Å². The van der Waals surface area contributed by atoms with Crippen molar-refractivity contribution in [2.24, 2.45) is 10.5 Å². The van der Waals surface area contributed by atoms with E-state index in [-0.39, 0.29) is 36.5 Å². The number of amides is 2. The van der Waals surface area contributed by atoms with Crippen LogP contribution in [0, 0.1) is 5.41 Å². The second kappa shape index (κ2) is 10.4. The first-order valence-corrected chi connectivity index (χ1v) is 11.1. The van der Waals surface area contributed by atoms with Crippen LogP contribution in [-0.4, -0.2) is 35.9 Å². The number of nitrogens with one attached hydrogen (secondary N) is 1. The summed E-state index contributed by atoms with van der Waals surface area (Å²) in [6.45, 7) is 4.76. The molecule has 1 aliphatic heterocycles. The third kappa shape index (κ3) is 5.90. The number of esters is 1. The number of halogens is 7. The van der Waals surface area contributed by atoms with Gasteiger partial charge >= 0.3 is 24.4 Å². The van der Waals surface area contributed by atoms with Crippen molar-refractivity contribution in [2.75, 3.05) is 18.5 Å². The summed E-state index contributed by atoms with van der Waals surface area (Å²) in [5.41, 5.74) is -3.66. The molecule has 0 radical (unpaired) electrons. The molecular formula is C24H20ClF6N3O3. The Balaban J connectivity index is 2.01. The van der Waals surface area contributed by atoms with Crippen LogP contribution in [0.5, 0.6) is 0 Å². The molecule has 37 heavy (non-hydrogen) atoms. The summed E-state index contributed by atoms with van der Waals surface area (Å²) in [6, 6.07) is 5.52. The third-order valence-electron chi connectivity index (χ3n) is 5.50. The number of carbonyl (C=O) groups excluding carboxylic acids is 2. The maximum Gasteiger partial charge on any atom is 0.417 e. The molecule has 1 unspecified atom stereocenters. The zero-order chi connectivity index (χ0) is 27.6. The second-order valence-corrected chi connectivity index (χ2v) is 8.41. The van der Waals surface area contributed by atoms with Gasteiger partial charge in [0, 0.05) is 11.3 Å². The van der Waals surface area contributed by atoms with Gasteiger partial charge < -0.3 is 10.1 Å². The molecule has 0 aromatic heterocycles. The molecule has 2 amide bonds. The number of alkyl halides is 6. The van der Waals surface area contributed by atoms with Gasteiger partial charge in [-0.2, -0.15) is 31.4 Å². The summed E-state index contributed by atoms with van der Waals surface area (Å²) < 4.78 is 83.2. The molecule has 198 valence electrons. The summed E-state index contributed by atoms with van der Waals surface area (Å²) in [6.07, 6.45) is -8.01. The first kappa shape index (κ1) is 28.0. The number of benzene rings is 2. The van der Waals surface area contributed by atoms with E-state index in [9.17, 15) is 35.9 Å². The predicted molar refractivity (Wildman–Crippen MR) is 124 cm³/mol. The molecule has 3 rings (SSSR count). The highest BCUT2D eigenvalue weighted by atomic mass is 35.5. The van der Waals surface area contributed by atoms with Gasteiger partial charge in [-0.1, -0.05) is 23.7 Å². The molecule has 1 N–H and O–H groups in total. The van der Waals surface area contributed by atoms with Crippen LogP contribution >= 0.6 is 11.6 Å². The number of allylic oxidation sites excluding steroid dienone is 1. The monoisotopic (exact) mass is 547 g/mol. The lowest BCUT2D eigenvalue weighted by Crippen LogP contribution is -2.44. The lowest BCUT2D eigenvalue weighted by molar-refractivity contribution is -0.151. The number of urea groups is 1. The minimum absolute atomic E-state index is 0.0182. The van der Waals surface area contributed by atoms with E-state index in [4.69, 9.17) is 16.3 Å². The van der Waals surface area contributed by atoms with E-state index in [0.29, 0.717) is 0 Å². The summed E-state index contributed by atoms with van der Waals surface area (Å²) in [7, 11) is 0. The van der Waals surface area contributed by atoms with Crippen LogP contribution in [0.1, 0.15) is 30.0 Å². The molecule has 0 saturated heterocycles. The van der Waals surface area contributed by atoms with Gasteiger partial charge in [-0.15, -0.1) is 6.58 Å². The molecule has 2 aromatic rings. The average Bonchev–Trinajstić information content (AvgIpc) is 3.19. The number of anilines is 1. The van der Waals surface area contributed by atoms with Gasteiger partial charge in [0.25, 0.3) is 0 Å². The largest absolute Gasteiger partial charge is 0.465 e. The Labute approximate surface area is 212 Å². The molecule has 0 aliphatic carbocycles. The predicted octanol–water partition coefficient (Wildman–Crippen LogP) is 6.76. The maximum absolute atomic E-state index is 13.2. The summed E-state index contributed by atoms with van der Waals surface area (Å²) in [5, 5.41) is 6.78. The normalized spacial score (nSPS) is 17.8. The Kier molecular flexibility index (Phi) is 7.91. The molecule has 6 nitrogen and oxygen atoms in total. The standard InChI is InChI=1S/C24H20ClF6N3O3/c1-3-11-22(20(35)37-4-2)13-34(21(36)32-16-8-6-15(7-9-16)23(26,27)28)33-19(22)14-5-10-17(18(25)12-14)24(29,30)31/h3,5-10,12H,1,4,11,13H2,2H3,(H,32,36). The van der Waals surface area contributed by atoms with E-state index in [1.54, 1.807) is 6.92 Å². The van der Waals surface area contributed by atoms with Gasteiger partial charge in [0.15, 0.2) is 0 Å². The Hall–Kier alpha value is -3.54. The van der Waals surface area contributed by atoms with E-state index >= 15 is 0 Å². The lowest BCUT2D eigenvalue weighted by Gasteiger charge is -2.27. The second-order valence-electron chi connectivity index (χ2n) is 8.00. The minimum atomic E-state index is -4.72.